The van der Waals surface area contributed by atoms with Gasteiger partial charge in [0.1, 0.15) is 0 Å². The van der Waals surface area contributed by atoms with Crippen LogP contribution in [0.25, 0.3) is 11.1 Å². The fraction of sp³-hybridized carbons (Fsp3) is 0.167. The maximum Gasteiger partial charge on any atom is 0.229 e. The van der Waals surface area contributed by atoms with Gasteiger partial charge in [0.05, 0.1) is 5.92 Å². The molecule has 4 heteroatoms. The van der Waals surface area contributed by atoms with Crippen molar-refractivity contribution < 1.29 is 9.59 Å². The molecule has 0 unspecified atom stereocenters. The Bertz CT molecular complexity index is 953. The summed E-state index contributed by atoms with van der Waals surface area (Å²) in [6.07, 6.45) is 0.265. The van der Waals surface area contributed by atoms with E-state index in [1.165, 1.54) is 0 Å². The lowest BCUT2D eigenvalue weighted by Crippen LogP contribution is -2.28. The van der Waals surface area contributed by atoms with Gasteiger partial charge in [-0.25, -0.2) is 0 Å². The number of carbonyl (C=O) groups is 2. The highest BCUT2D eigenvalue weighted by Crippen LogP contribution is 2.24. The highest BCUT2D eigenvalue weighted by Gasteiger charge is 2.34. The van der Waals surface area contributed by atoms with Gasteiger partial charge in [0, 0.05) is 25.2 Å². The van der Waals surface area contributed by atoms with Crippen molar-refractivity contribution in [1.82, 2.24) is 4.90 Å². The quantitative estimate of drug-likeness (QED) is 0.726. The summed E-state index contributed by atoms with van der Waals surface area (Å²) in [6, 6.07) is 27.8. The Hall–Kier alpha value is -3.40. The van der Waals surface area contributed by atoms with Crippen LogP contribution in [0.2, 0.25) is 0 Å². The third kappa shape index (κ3) is 4.12. The van der Waals surface area contributed by atoms with Crippen molar-refractivity contribution in [2.24, 2.45) is 5.92 Å². The molecule has 2 amide bonds. The lowest BCUT2D eigenvalue weighted by Gasteiger charge is -2.16. The molecular weight excluding hydrogens is 348 g/mol. The summed E-state index contributed by atoms with van der Waals surface area (Å²) in [4.78, 5) is 26.7. The molecule has 1 atom stereocenters. The molecule has 1 saturated heterocycles. The summed E-state index contributed by atoms with van der Waals surface area (Å²) >= 11 is 0. The first kappa shape index (κ1) is 18.0. The van der Waals surface area contributed by atoms with Crippen LogP contribution < -0.4 is 5.32 Å². The predicted molar refractivity (Wildman–Crippen MR) is 110 cm³/mol. The second-order valence-electron chi connectivity index (χ2n) is 7.09. The molecule has 4 nitrogen and oxygen atoms in total. The minimum Gasteiger partial charge on any atom is -0.338 e. The molecule has 0 aliphatic carbocycles. The van der Waals surface area contributed by atoms with Crippen molar-refractivity contribution >= 4 is 17.5 Å². The standard InChI is InChI=1S/C24H22N2O2/c27-23-15-21(17-26(23)16-18-7-3-1-4-8-18)24(28)25-22-13-11-20(12-14-22)19-9-5-2-6-10-19/h1-14,21H,15-17H2,(H,25,28)/t21-/m1/s1. The highest BCUT2D eigenvalue weighted by molar-refractivity contribution is 5.97. The van der Waals surface area contributed by atoms with Gasteiger partial charge >= 0.3 is 0 Å². The van der Waals surface area contributed by atoms with E-state index in [1.54, 1.807) is 4.90 Å². The van der Waals surface area contributed by atoms with Crippen molar-refractivity contribution in [2.45, 2.75) is 13.0 Å². The van der Waals surface area contributed by atoms with E-state index >= 15 is 0 Å². The Morgan fingerprint density at radius 3 is 2.14 bits per heavy atom. The van der Waals surface area contributed by atoms with Gasteiger partial charge < -0.3 is 10.2 Å². The third-order valence-corrected chi connectivity index (χ3v) is 5.06. The van der Waals surface area contributed by atoms with E-state index in [2.05, 4.69) is 17.4 Å². The van der Waals surface area contributed by atoms with Gasteiger partial charge in [0.2, 0.25) is 11.8 Å². The summed E-state index contributed by atoms with van der Waals surface area (Å²) < 4.78 is 0. The Labute approximate surface area is 164 Å². The maximum absolute atomic E-state index is 12.6. The molecule has 28 heavy (non-hydrogen) atoms. The van der Waals surface area contributed by atoms with Crippen molar-refractivity contribution in [1.29, 1.82) is 0 Å². The summed E-state index contributed by atoms with van der Waals surface area (Å²) in [5.74, 6) is -0.384. The smallest absolute Gasteiger partial charge is 0.229 e. The minimum atomic E-state index is -0.315. The summed E-state index contributed by atoms with van der Waals surface area (Å²) in [5.41, 5.74) is 4.06. The first-order valence-corrected chi connectivity index (χ1v) is 9.47. The molecule has 1 N–H and O–H groups in total. The van der Waals surface area contributed by atoms with Crippen molar-refractivity contribution in [2.75, 3.05) is 11.9 Å². The maximum atomic E-state index is 12.6. The van der Waals surface area contributed by atoms with Gasteiger partial charge in [-0.1, -0.05) is 72.8 Å². The number of rotatable bonds is 5. The number of nitrogens with zero attached hydrogens (tertiary/aromatic N) is 1. The first-order valence-electron chi connectivity index (χ1n) is 9.47. The Morgan fingerprint density at radius 1 is 0.857 bits per heavy atom. The average Bonchev–Trinajstić information content (AvgIpc) is 3.10. The number of amides is 2. The molecule has 0 bridgehead atoms. The largest absolute Gasteiger partial charge is 0.338 e. The number of hydrogen-bond acceptors (Lipinski definition) is 2. The van der Waals surface area contributed by atoms with Crippen LogP contribution in [0.3, 0.4) is 0 Å². The van der Waals surface area contributed by atoms with Crippen LogP contribution in [-0.4, -0.2) is 23.3 Å². The van der Waals surface area contributed by atoms with E-state index in [0.29, 0.717) is 13.1 Å². The molecule has 0 saturated carbocycles. The Balaban J connectivity index is 1.37. The van der Waals surface area contributed by atoms with E-state index in [4.69, 9.17) is 0 Å². The van der Waals surface area contributed by atoms with Crippen molar-refractivity contribution in [3.63, 3.8) is 0 Å². The van der Waals surface area contributed by atoms with Gasteiger partial charge in [0.15, 0.2) is 0 Å². The van der Waals surface area contributed by atoms with Crippen LogP contribution >= 0.6 is 0 Å². The van der Waals surface area contributed by atoms with Gasteiger partial charge in [-0.15, -0.1) is 0 Å². The number of nitrogens with one attached hydrogen (secondary N) is 1. The molecule has 3 aromatic rings. The fourth-order valence-corrected chi connectivity index (χ4v) is 3.53. The molecule has 3 aromatic carbocycles. The van der Waals surface area contributed by atoms with Crippen LogP contribution in [-0.2, 0) is 16.1 Å². The fourth-order valence-electron chi connectivity index (χ4n) is 3.53. The molecule has 4 rings (SSSR count). The Morgan fingerprint density at radius 2 is 1.46 bits per heavy atom. The van der Waals surface area contributed by atoms with Crippen molar-refractivity contribution in [3.8, 4) is 11.1 Å². The molecular formula is C24H22N2O2. The molecule has 1 heterocycles. The zero-order chi connectivity index (χ0) is 19.3. The number of carbonyl (C=O) groups excluding carboxylic acids is 2. The average molecular weight is 370 g/mol. The second kappa shape index (κ2) is 8.09. The number of hydrogen-bond donors (Lipinski definition) is 1. The number of likely N-dealkylation sites (tertiary alicyclic amines) is 1. The summed E-state index contributed by atoms with van der Waals surface area (Å²) in [5, 5.41) is 2.95. The van der Waals surface area contributed by atoms with E-state index in [-0.39, 0.29) is 24.2 Å². The van der Waals surface area contributed by atoms with Gasteiger partial charge in [-0.05, 0) is 28.8 Å². The molecule has 0 radical (unpaired) electrons. The first-order chi connectivity index (χ1) is 13.7. The topological polar surface area (TPSA) is 49.4 Å². The van der Waals surface area contributed by atoms with E-state index < -0.39 is 0 Å². The lowest BCUT2D eigenvalue weighted by atomic mass is 10.0. The third-order valence-electron chi connectivity index (χ3n) is 5.06. The van der Waals surface area contributed by atoms with Crippen molar-refractivity contribution in [3.05, 3.63) is 90.5 Å². The zero-order valence-corrected chi connectivity index (χ0v) is 15.5. The SMILES string of the molecule is O=C(Nc1ccc(-c2ccccc2)cc1)[C@@H]1CC(=O)N(Cc2ccccc2)C1. The van der Waals surface area contributed by atoms with Gasteiger partial charge in [0.25, 0.3) is 0 Å². The number of anilines is 1. The van der Waals surface area contributed by atoms with E-state index in [1.807, 2.05) is 72.8 Å². The van der Waals surface area contributed by atoms with Gasteiger partial charge in [-0.2, -0.15) is 0 Å². The lowest BCUT2D eigenvalue weighted by molar-refractivity contribution is -0.128. The summed E-state index contributed by atoms with van der Waals surface area (Å²) in [6.45, 7) is 1.01. The van der Waals surface area contributed by atoms with Crippen LogP contribution in [0.5, 0.6) is 0 Å². The van der Waals surface area contributed by atoms with Crippen LogP contribution in [0.4, 0.5) is 5.69 Å². The molecule has 0 spiro atoms. The minimum absolute atomic E-state index is 0.0310. The van der Waals surface area contributed by atoms with Crippen LogP contribution in [0.1, 0.15) is 12.0 Å². The monoisotopic (exact) mass is 370 g/mol. The highest BCUT2D eigenvalue weighted by atomic mass is 16.2. The molecule has 140 valence electrons. The number of benzene rings is 3. The molecule has 1 fully saturated rings. The predicted octanol–water partition coefficient (Wildman–Crippen LogP) is 4.34. The van der Waals surface area contributed by atoms with Gasteiger partial charge in [-0.3, -0.25) is 9.59 Å². The Kier molecular flexibility index (Phi) is 5.20. The van der Waals surface area contributed by atoms with Crippen LogP contribution in [0.15, 0.2) is 84.9 Å². The van der Waals surface area contributed by atoms with E-state index in [0.717, 1.165) is 22.4 Å². The normalized spacial score (nSPS) is 16.2. The molecule has 0 aromatic heterocycles. The molecule has 1 aliphatic heterocycles. The van der Waals surface area contributed by atoms with Crippen LogP contribution in [0, 0.1) is 5.92 Å². The second-order valence-corrected chi connectivity index (χ2v) is 7.09. The zero-order valence-electron chi connectivity index (χ0n) is 15.5. The summed E-state index contributed by atoms with van der Waals surface area (Å²) in [7, 11) is 0. The molecule has 1 aliphatic rings. The van der Waals surface area contributed by atoms with E-state index in [9.17, 15) is 9.59 Å².